The summed E-state index contributed by atoms with van der Waals surface area (Å²) < 4.78 is 4.81. The second-order valence-corrected chi connectivity index (χ2v) is 17.7. The van der Waals surface area contributed by atoms with Gasteiger partial charge in [-0.2, -0.15) is 0 Å². The van der Waals surface area contributed by atoms with Gasteiger partial charge in [0, 0.05) is 55.0 Å². The first-order valence-corrected chi connectivity index (χ1v) is 23.3. The summed E-state index contributed by atoms with van der Waals surface area (Å²) in [5, 5.41) is 4.94. The predicted molar refractivity (Wildman–Crippen MR) is 279 cm³/mol. The van der Waals surface area contributed by atoms with E-state index in [0.717, 1.165) is 33.6 Å². The van der Waals surface area contributed by atoms with Gasteiger partial charge in [-0.15, -0.1) is 0 Å². The highest BCUT2D eigenvalue weighted by Gasteiger charge is 2.36. The zero-order valence-electron chi connectivity index (χ0n) is 37.9. The summed E-state index contributed by atoms with van der Waals surface area (Å²) in [7, 11) is 0. The molecule has 1 aliphatic carbocycles. The lowest BCUT2D eigenvalue weighted by Crippen LogP contribution is -2.14. The zero-order chi connectivity index (χ0) is 45.2. The fourth-order valence-corrected chi connectivity index (χ4v) is 10.4. The van der Waals surface area contributed by atoms with Gasteiger partial charge in [0.25, 0.3) is 0 Å². The Balaban J connectivity index is 0.00000231. The fourth-order valence-electron chi connectivity index (χ4n) is 10.4. The standard InChI is InChI=1S/C60H41N5.C2H6/c1-60(2)51-24-14-12-22-45(51)47-36-50-49-35-42(41-28-32-54-48(34-41)46-23-13-15-25-53(46)64(54)43-20-10-5-11-21-43)29-33-55(49)65(56(50)37-52(47)60)44-30-26-40(27-31-44)59-62-57(38-16-6-3-7-17-38)61-58(63-59)39-18-8-4-9-19-39;1-2/h3-37H,1-2H3;1-2H3. The number of nitrogens with zero attached hydrogens (tertiary/aromatic N) is 5. The maximum Gasteiger partial charge on any atom is 0.164 e. The fraction of sp³-hybridized carbons (Fsp3) is 0.0806. The number of hydrogen-bond acceptors (Lipinski definition) is 3. The molecule has 0 amide bonds. The minimum Gasteiger partial charge on any atom is -0.309 e. The van der Waals surface area contributed by atoms with Gasteiger partial charge in [-0.1, -0.05) is 161 Å². The molecular formula is C62H47N5. The third-order valence-electron chi connectivity index (χ3n) is 13.6. The molecule has 9 aromatic carbocycles. The zero-order valence-corrected chi connectivity index (χ0v) is 37.9. The van der Waals surface area contributed by atoms with Crippen LogP contribution in [-0.4, -0.2) is 24.1 Å². The Morgan fingerprint density at radius 2 is 0.746 bits per heavy atom. The van der Waals surface area contributed by atoms with Crippen LogP contribution in [0, 0.1) is 0 Å². The Morgan fingerprint density at radius 1 is 0.313 bits per heavy atom. The van der Waals surface area contributed by atoms with Gasteiger partial charge in [0.1, 0.15) is 0 Å². The van der Waals surface area contributed by atoms with Crippen molar-refractivity contribution in [2.24, 2.45) is 0 Å². The highest BCUT2D eigenvalue weighted by Crippen LogP contribution is 2.51. The quantitative estimate of drug-likeness (QED) is 0.167. The molecule has 5 nitrogen and oxygen atoms in total. The molecule has 1 aliphatic rings. The van der Waals surface area contributed by atoms with Crippen LogP contribution >= 0.6 is 0 Å². The number of fused-ring (bicyclic) bond motifs is 9. The summed E-state index contributed by atoms with van der Waals surface area (Å²) in [6.45, 7) is 8.72. The summed E-state index contributed by atoms with van der Waals surface area (Å²) in [5.74, 6) is 1.93. The van der Waals surface area contributed by atoms with Gasteiger partial charge in [0.2, 0.25) is 0 Å². The first-order chi connectivity index (χ1) is 33.0. The molecule has 0 radical (unpaired) electrons. The van der Waals surface area contributed by atoms with Crippen molar-refractivity contribution in [2.45, 2.75) is 33.1 Å². The Hall–Kier alpha value is -8.41. The third kappa shape index (κ3) is 6.49. The van der Waals surface area contributed by atoms with E-state index in [2.05, 4.69) is 175 Å². The molecule has 0 saturated carbocycles. The van der Waals surface area contributed by atoms with Crippen molar-refractivity contribution in [1.29, 1.82) is 0 Å². The third-order valence-corrected chi connectivity index (χ3v) is 13.6. The highest BCUT2D eigenvalue weighted by molar-refractivity contribution is 6.14. The van der Waals surface area contributed by atoms with Crippen molar-refractivity contribution in [3.8, 4) is 67.8 Å². The van der Waals surface area contributed by atoms with Crippen LogP contribution in [0.1, 0.15) is 38.8 Å². The maximum absolute atomic E-state index is 5.03. The molecule has 0 bridgehead atoms. The van der Waals surface area contributed by atoms with Crippen LogP contribution in [0.4, 0.5) is 0 Å². The molecule has 67 heavy (non-hydrogen) atoms. The molecular weight excluding hydrogens is 815 g/mol. The largest absolute Gasteiger partial charge is 0.309 e. The van der Waals surface area contributed by atoms with E-state index in [1.54, 1.807) is 0 Å². The van der Waals surface area contributed by atoms with Gasteiger partial charge < -0.3 is 9.13 Å². The monoisotopic (exact) mass is 861 g/mol. The molecule has 3 heterocycles. The molecule has 13 rings (SSSR count). The summed E-state index contributed by atoms with van der Waals surface area (Å²) in [4.78, 5) is 15.0. The van der Waals surface area contributed by atoms with Gasteiger partial charge >= 0.3 is 0 Å². The molecule has 0 fully saturated rings. The lowest BCUT2D eigenvalue weighted by Gasteiger charge is -2.21. The Bertz CT molecular complexity index is 3770. The van der Waals surface area contributed by atoms with Crippen LogP contribution < -0.4 is 0 Å². The molecule has 12 aromatic rings. The van der Waals surface area contributed by atoms with Gasteiger partial charge in [-0.25, -0.2) is 15.0 Å². The van der Waals surface area contributed by atoms with Crippen molar-refractivity contribution in [3.05, 3.63) is 223 Å². The Morgan fingerprint density at radius 3 is 1.36 bits per heavy atom. The van der Waals surface area contributed by atoms with Crippen LogP contribution in [0.15, 0.2) is 212 Å². The molecule has 0 spiro atoms. The van der Waals surface area contributed by atoms with E-state index in [9.17, 15) is 0 Å². The Kier molecular flexibility index (Phi) is 9.54. The molecule has 0 N–H and O–H groups in total. The lowest BCUT2D eigenvalue weighted by molar-refractivity contribution is 0.661. The van der Waals surface area contributed by atoms with Crippen LogP contribution in [0.2, 0.25) is 0 Å². The second-order valence-electron chi connectivity index (χ2n) is 17.7. The van der Waals surface area contributed by atoms with Crippen LogP contribution in [0.3, 0.4) is 0 Å². The first kappa shape index (κ1) is 40.1. The van der Waals surface area contributed by atoms with E-state index < -0.39 is 0 Å². The summed E-state index contributed by atoms with van der Waals surface area (Å²) in [5.41, 5.74) is 17.4. The number of aromatic nitrogens is 5. The molecule has 0 saturated heterocycles. The van der Waals surface area contributed by atoms with E-state index in [-0.39, 0.29) is 5.41 Å². The number of benzene rings is 9. The number of para-hydroxylation sites is 2. The van der Waals surface area contributed by atoms with Crippen LogP contribution in [-0.2, 0) is 5.41 Å². The molecule has 0 aliphatic heterocycles. The van der Waals surface area contributed by atoms with Crippen molar-refractivity contribution < 1.29 is 0 Å². The normalized spacial score (nSPS) is 12.6. The van der Waals surface area contributed by atoms with Crippen molar-refractivity contribution in [1.82, 2.24) is 24.1 Å². The summed E-state index contributed by atoms with van der Waals surface area (Å²) in [6, 6.07) is 76.2. The van der Waals surface area contributed by atoms with E-state index in [1.807, 2.05) is 74.5 Å². The van der Waals surface area contributed by atoms with Gasteiger partial charge in [0.05, 0.1) is 22.1 Å². The van der Waals surface area contributed by atoms with Crippen LogP contribution in [0.25, 0.3) is 111 Å². The minimum atomic E-state index is -0.142. The first-order valence-electron chi connectivity index (χ1n) is 23.3. The molecule has 0 atom stereocenters. The topological polar surface area (TPSA) is 48.5 Å². The average molecular weight is 862 g/mol. The summed E-state index contributed by atoms with van der Waals surface area (Å²) in [6.07, 6.45) is 0. The molecule has 0 unspecified atom stereocenters. The molecule has 5 heteroatoms. The van der Waals surface area contributed by atoms with Crippen molar-refractivity contribution in [2.75, 3.05) is 0 Å². The van der Waals surface area contributed by atoms with Gasteiger partial charge in [-0.3, -0.25) is 0 Å². The van der Waals surface area contributed by atoms with E-state index in [4.69, 9.17) is 15.0 Å². The summed E-state index contributed by atoms with van der Waals surface area (Å²) >= 11 is 0. The van der Waals surface area contributed by atoms with E-state index in [1.165, 1.54) is 71.5 Å². The molecule has 320 valence electrons. The SMILES string of the molecule is CC.CC1(C)c2ccccc2-c2cc3c4cc(-c5ccc6c(c5)c5ccccc5n6-c5ccccc5)ccc4n(-c4ccc(-c5nc(-c6ccccc6)nc(-c6ccccc6)n5)cc4)c3cc21. The number of hydrogen-bond donors (Lipinski definition) is 0. The Labute approximate surface area is 390 Å². The van der Waals surface area contributed by atoms with Crippen molar-refractivity contribution in [3.63, 3.8) is 0 Å². The second kappa shape index (κ2) is 15.9. The molecule has 3 aromatic heterocycles. The minimum absolute atomic E-state index is 0.142. The van der Waals surface area contributed by atoms with E-state index in [0.29, 0.717) is 17.5 Å². The number of rotatable bonds is 6. The highest BCUT2D eigenvalue weighted by atomic mass is 15.0. The van der Waals surface area contributed by atoms with Crippen molar-refractivity contribution >= 4 is 43.6 Å². The van der Waals surface area contributed by atoms with E-state index >= 15 is 0 Å². The van der Waals surface area contributed by atoms with Gasteiger partial charge in [0.15, 0.2) is 17.5 Å². The van der Waals surface area contributed by atoms with Gasteiger partial charge in [-0.05, 0) is 112 Å². The average Bonchev–Trinajstić information content (AvgIpc) is 3.98. The smallest absolute Gasteiger partial charge is 0.164 e. The lowest BCUT2D eigenvalue weighted by atomic mass is 9.82. The van der Waals surface area contributed by atoms with Crippen LogP contribution in [0.5, 0.6) is 0 Å². The predicted octanol–water partition coefficient (Wildman–Crippen LogP) is 16.1. The maximum atomic E-state index is 5.03.